The van der Waals surface area contributed by atoms with E-state index in [1.165, 1.54) is 6.33 Å². The van der Waals surface area contributed by atoms with Gasteiger partial charge in [-0.1, -0.05) is 0 Å². The average Bonchev–Trinajstić information content (AvgIpc) is 2.64. The van der Waals surface area contributed by atoms with Crippen molar-refractivity contribution < 1.29 is 4.74 Å². The van der Waals surface area contributed by atoms with Crippen molar-refractivity contribution in [1.29, 1.82) is 0 Å². The van der Waals surface area contributed by atoms with E-state index in [0.717, 1.165) is 25.4 Å². The number of rotatable bonds is 6. The van der Waals surface area contributed by atoms with Gasteiger partial charge >= 0.3 is 0 Å². The van der Waals surface area contributed by atoms with Gasteiger partial charge in [-0.3, -0.25) is 5.10 Å². The number of aromatic amines is 1. The van der Waals surface area contributed by atoms with Crippen LogP contribution in [0.2, 0.25) is 0 Å². The zero-order valence-electron chi connectivity index (χ0n) is 8.08. The van der Waals surface area contributed by atoms with Crippen molar-refractivity contribution in [2.45, 2.75) is 25.9 Å². The van der Waals surface area contributed by atoms with Gasteiger partial charge in [0, 0.05) is 19.8 Å². The van der Waals surface area contributed by atoms with Crippen LogP contribution in [-0.2, 0) is 11.3 Å². The zero-order chi connectivity index (χ0) is 9.52. The Balaban J connectivity index is 2.11. The van der Waals surface area contributed by atoms with E-state index < -0.39 is 0 Å². The van der Waals surface area contributed by atoms with E-state index in [9.17, 15) is 0 Å². The van der Waals surface area contributed by atoms with Gasteiger partial charge in [-0.2, -0.15) is 5.10 Å². The van der Waals surface area contributed by atoms with Gasteiger partial charge in [0.1, 0.15) is 12.2 Å². The third-order valence-corrected chi connectivity index (χ3v) is 1.84. The lowest BCUT2D eigenvalue weighted by atomic mass is 10.2. The van der Waals surface area contributed by atoms with E-state index in [0.29, 0.717) is 6.04 Å². The summed E-state index contributed by atoms with van der Waals surface area (Å²) < 4.78 is 4.97. The lowest BCUT2D eigenvalue weighted by molar-refractivity contribution is 0.184. The number of H-pyrrole nitrogens is 1. The Bertz CT molecular complexity index is 212. The molecule has 5 nitrogen and oxygen atoms in total. The quantitative estimate of drug-likeness (QED) is 0.668. The number of ether oxygens (including phenoxy) is 1. The first-order valence-electron chi connectivity index (χ1n) is 4.39. The first kappa shape index (κ1) is 10.1. The molecule has 2 N–H and O–H groups in total. The second kappa shape index (κ2) is 5.66. The molecule has 0 aliphatic rings. The molecule has 1 atom stereocenters. The Kier molecular flexibility index (Phi) is 4.42. The molecule has 1 rings (SSSR count). The number of aromatic nitrogens is 3. The van der Waals surface area contributed by atoms with E-state index in [1.54, 1.807) is 7.11 Å². The van der Waals surface area contributed by atoms with E-state index in [1.807, 2.05) is 0 Å². The third kappa shape index (κ3) is 4.00. The minimum absolute atomic E-state index is 0.435. The van der Waals surface area contributed by atoms with E-state index in [-0.39, 0.29) is 0 Å². The highest BCUT2D eigenvalue weighted by Gasteiger charge is 2.01. The fraction of sp³-hybridized carbons (Fsp3) is 0.750. The smallest absolute Gasteiger partial charge is 0.138 e. The molecular weight excluding hydrogens is 168 g/mol. The Hall–Kier alpha value is -0.940. The minimum Gasteiger partial charge on any atom is -0.385 e. The normalized spacial score (nSPS) is 13.1. The maximum absolute atomic E-state index is 4.97. The van der Waals surface area contributed by atoms with Gasteiger partial charge in [-0.15, -0.1) is 0 Å². The van der Waals surface area contributed by atoms with E-state index >= 15 is 0 Å². The number of hydrogen-bond acceptors (Lipinski definition) is 4. The van der Waals surface area contributed by atoms with Gasteiger partial charge in [0.05, 0.1) is 6.54 Å². The van der Waals surface area contributed by atoms with E-state index in [2.05, 4.69) is 27.4 Å². The number of nitrogens with zero attached hydrogens (tertiary/aromatic N) is 2. The molecule has 0 fully saturated rings. The molecule has 13 heavy (non-hydrogen) atoms. The van der Waals surface area contributed by atoms with Crippen molar-refractivity contribution in [1.82, 2.24) is 20.5 Å². The van der Waals surface area contributed by atoms with Crippen LogP contribution in [-0.4, -0.2) is 34.9 Å². The van der Waals surface area contributed by atoms with Crippen molar-refractivity contribution in [2.24, 2.45) is 0 Å². The summed E-state index contributed by atoms with van der Waals surface area (Å²) in [5, 5.41) is 9.86. The molecule has 1 unspecified atom stereocenters. The SMILES string of the molecule is COCCC(C)NCc1ncn[nH]1. The van der Waals surface area contributed by atoms with Crippen LogP contribution in [0.4, 0.5) is 0 Å². The van der Waals surface area contributed by atoms with Gasteiger partial charge in [0.15, 0.2) is 0 Å². The molecule has 5 heteroatoms. The third-order valence-electron chi connectivity index (χ3n) is 1.84. The van der Waals surface area contributed by atoms with Crippen molar-refractivity contribution >= 4 is 0 Å². The lowest BCUT2D eigenvalue weighted by Crippen LogP contribution is -2.27. The minimum atomic E-state index is 0.435. The summed E-state index contributed by atoms with van der Waals surface area (Å²) in [5.41, 5.74) is 0. The summed E-state index contributed by atoms with van der Waals surface area (Å²) >= 11 is 0. The second-order valence-electron chi connectivity index (χ2n) is 3.00. The van der Waals surface area contributed by atoms with Crippen molar-refractivity contribution in [2.75, 3.05) is 13.7 Å². The van der Waals surface area contributed by atoms with Gasteiger partial charge in [0.25, 0.3) is 0 Å². The molecular formula is C8H16N4O. The summed E-state index contributed by atoms with van der Waals surface area (Å²) in [5.74, 6) is 0.865. The van der Waals surface area contributed by atoms with Crippen molar-refractivity contribution in [3.8, 4) is 0 Å². The summed E-state index contributed by atoms with van der Waals surface area (Å²) in [6.07, 6.45) is 2.52. The molecule has 1 aromatic heterocycles. The summed E-state index contributed by atoms with van der Waals surface area (Å²) in [6.45, 7) is 3.63. The first-order valence-corrected chi connectivity index (χ1v) is 4.39. The van der Waals surface area contributed by atoms with Crippen LogP contribution < -0.4 is 5.32 Å². The zero-order valence-corrected chi connectivity index (χ0v) is 8.08. The molecule has 0 amide bonds. The highest BCUT2D eigenvalue weighted by Crippen LogP contribution is 1.92. The van der Waals surface area contributed by atoms with Crippen molar-refractivity contribution in [3.05, 3.63) is 12.2 Å². The number of hydrogen-bond donors (Lipinski definition) is 2. The standard InChI is InChI=1S/C8H16N4O/c1-7(3-4-13-2)9-5-8-10-6-11-12-8/h6-7,9H,3-5H2,1-2H3,(H,10,11,12). The van der Waals surface area contributed by atoms with Crippen LogP contribution in [0.5, 0.6) is 0 Å². The molecule has 74 valence electrons. The molecule has 0 spiro atoms. The Morgan fingerprint density at radius 2 is 2.54 bits per heavy atom. The fourth-order valence-corrected chi connectivity index (χ4v) is 0.984. The predicted molar refractivity (Wildman–Crippen MR) is 49.2 cm³/mol. The summed E-state index contributed by atoms with van der Waals surface area (Å²) in [4.78, 5) is 4.01. The van der Waals surface area contributed by atoms with Crippen LogP contribution >= 0.6 is 0 Å². The predicted octanol–water partition coefficient (Wildman–Crippen LogP) is 0.319. The fourth-order valence-electron chi connectivity index (χ4n) is 0.984. The molecule has 0 aromatic carbocycles. The maximum Gasteiger partial charge on any atom is 0.138 e. The van der Waals surface area contributed by atoms with Crippen LogP contribution in [0.1, 0.15) is 19.2 Å². The monoisotopic (exact) mass is 184 g/mol. The lowest BCUT2D eigenvalue weighted by Gasteiger charge is -2.11. The molecule has 0 saturated heterocycles. The van der Waals surface area contributed by atoms with Crippen LogP contribution in [0.15, 0.2) is 6.33 Å². The second-order valence-corrected chi connectivity index (χ2v) is 3.00. The number of nitrogens with one attached hydrogen (secondary N) is 2. The Morgan fingerprint density at radius 3 is 3.15 bits per heavy atom. The highest BCUT2D eigenvalue weighted by molar-refractivity contribution is 4.79. The topological polar surface area (TPSA) is 62.8 Å². The highest BCUT2D eigenvalue weighted by atomic mass is 16.5. The molecule has 0 radical (unpaired) electrons. The van der Waals surface area contributed by atoms with Crippen LogP contribution in [0.3, 0.4) is 0 Å². The maximum atomic E-state index is 4.97. The summed E-state index contributed by atoms with van der Waals surface area (Å²) in [7, 11) is 1.71. The van der Waals surface area contributed by atoms with E-state index in [4.69, 9.17) is 4.74 Å². The Labute approximate surface area is 77.9 Å². The largest absolute Gasteiger partial charge is 0.385 e. The molecule has 0 saturated carbocycles. The Morgan fingerprint density at radius 1 is 1.69 bits per heavy atom. The van der Waals surface area contributed by atoms with Crippen LogP contribution in [0.25, 0.3) is 0 Å². The molecule has 1 aromatic rings. The average molecular weight is 184 g/mol. The van der Waals surface area contributed by atoms with Gasteiger partial charge in [-0.05, 0) is 13.3 Å². The number of methoxy groups -OCH3 is 1. The van der Waals surface area contributed by atoms with Gasteiger partial charge < -0.3 is 10.1 Å². The first-order chi connectivity index (χ1) is 6.33. The molecule has 0 aliphatic carbocycles. The summed E-state index contributed by atoms with van der Waals surface area (Å²) in [6, 6.07) is 0.435. The van der Waals surface area contributed by atoms with Crippen molar-refractivity contribution in [3.63, 3.8) is 0 Å². The van der Waals surface area contributed by atoms with Gasteiger partial charge in [0.2, 0.25) is 0 Å². The molecule has 0 aliphatic heterocycles. The molecule has 1 heterocycles. The van der Waals surface area contributed by atoms with Crippen LogP contribution in [0, 0.1) is 0 Å². The van der Waals surface area contributed by atoms with Gasteiger partial charge in [-0.25, -0.2) is 4.98 Å². The molecule has 0 bridgehead atoms.